The van der Waals surface area contributed by atoms with Crippen LogP contribution in [0, 0.1) is 5.92 Å². The fourth-order valence-corrected chi connectivity index (χ4v) is 1.77. The molecule has 14 heavy (non-hydrogen) atoms. The highest BCUT2D eigenvalue weighted by molar-refractivity contribution is 6.30. The van der Waals surface area contributed by atoms with Crippen molar-refractivity contribution in [1.29, 1.82) is 0 Å². The van der Waals surface area contributed by atoms with Gasteiger partial charge in [-0.2, -0.15) is 0 Å². The molecule has 2 unspecified atom stereocenters. The maximum Gasteiger partial charge on any atom is 0.240 e. The Bertz CT molecular complexity index is 243. The zero-order chi connectivity index (χ0) is 10.7. The molecule has 0 aliphatic carbocycles. The first-order valence-electron chi connectivity index (χ1n) is 4.70. The van der Waals surface area contributed by atoms with E-state index < -0.39 is 5.38 Å². The Morgan fingerprint density at radius 3 is 2.71 bits per heavy atom. The quantitative estimate of drug-likeness (QED) is 0.674. The number of carbonyl (C=O) groups is 2. The van der Waals surface area contributed by atoms with Crippen LogP contribution in [0.5, 0.6) is 0 Å². The van der Waals surface area contributed by atoms with Crippen molar-refractivity contribution < 1.29 is 9.59 Å². The molecule has 80 valence electrons. The van der Waals surface area contributed by atoms with Gasteiger partial charge < -0.3 is 10.2 Å². The molecule has 2 amide bonds. The minimum absolute atomic E-state index is 0.00234. The maximum absolute atomic E-state index is 11.5. The Kier molecular flexibility index (Phi) is 3.75. The highest BCUT2D eigenvalue weighted by Gasteiger charge is 2.31. The fourth-order valence-electron chi connectivity index (χ4n) is 1.63. The molecule has 5 heteroatoms. The minimum Gasteiger partial charge on any atom is -0.359 e. The summed E-state index contributed by atoms with van der Waals surface area (Å²) in [6.45, 7) is 2.78. The van der Waals surface area contributed by atoms with E-state index in [0.717, 1.165) is 6.42 Å². The zero-order valence-corrected chi connectivity index (χ0v) is 9.17. The average Bonchev–Trinajstić information content (AvgIpc) is 2.64. The molecule has 0 radical (unpaired) electrons. The number of hydrogen-bond donors (Lipinski definition) is 1. The number of alkyl halides is 1. The van der Waals surface area contributed by atoms with E-state index in [0.29, 0.717) is 13.1 Å². The molecule has 0 aromatic rings. The molecule has 1 saturated heterocycles. The Balaban J connectivity index is 2.49. The van der Waals surface area contributed by atoms with Gasteiger partial charge in [0.25, 0.3) is 0 Å². The number of nitrogens with one attached hydrogen (secondary N) is 1. The lowest BCUT2D eigenvalue weighted by atomic mass is 10.1. The van der Waals surface area contributed by atoms with E-state index in [9.17, 15) is 9.59 Å². The lowest BCUT2D eigenvalue weighted by Crippen LogP contribution is -2.36. The standard InChI is InChI=1S/C9H15ClN2O2/c1-6(10)9(14)12-4-3-7(5-12)8(13)11-2/h6-7H,3-5H2,1-2H3,(H,11,13). The molecule has 1 aliphatic rings. The fraction of sp³-hybridized carbons (Fsp3) is 0.778. The Morgan fingerprint density at radius 1 is 1.57 bits per heavy atom. The average molecular weight is 219 g/mol. The molecular weight excluding hydrogens is 204 g/mol. The minimum atomic E-state index is -0.501. The van der Waals surface area contributed by atoms with E-state index in [1.807, 2.05) is 0 Å². The SMILES string of the molecule is CNC(=O)C1CCN(C(=O)C(C)Cl)C1. The summed E-state index contributed by atoms with van der Waals surface area (Å²) in [4.78, 5) is 24.4. The van der Waals surface area contributed by atoms with E-state index in [2.05, 4.69) is 5.32 Å². The molecule has 1 N–H and O–H groups in total. The van der Waals surface area contributed by atoms with Gasteiger partial charge in [0, 0.05) is 20.1 Å². The van der Waals surface area contributed by atoms with Crippen molar-refractivity contribution in [3.8, 4) is 0 Å². The van der Waals surface area contributed by atoms with E-state index in [1.165, 1.54) is 0 Å². The van der Waals surface area contributed by atoms with Crippen molar-refractivity contribution in [2.45, 2.75) is 18.7 Å². The van der Waals surface area contributed by atoms with Crippen molar-refractivity contribution in [3.63, 3.8) is 0 Å². The zero-order valence-electron chi connectivity index (χ0n) is 8.42. The van der Waals surface area contributed by atoms with Crippen molar-refractivity contribution in [2.24, 2.45) is 5.92 Å². The second kappa shape index (κ2) is 4.64. The third-order valence-electron chi connectivity index (χ3n) is 2.46. The summed E-state index contributed by atoms with van der Waals surface area (Å²) in [6, 6.07) is 0. The number of rotatable bonds is 2. The normalized spacial score (nSPS) is 23.4. The third-order valence-corrected chi connectivity index (χ3v) is 2.64. The molecule has 1 aliphatic heterocycles. The van der Waals surface area contributed by atoms with Gasteiger partial charge in [-0.25, -0.2) is 0 Å². The van der Waals surface area contributed by atoms with Gasteiger partial charge in [-0.3, -0.25) is 9.59 Å². The van der Waals surface area contributed by atoms with Gasteiger partial charge in [0.15, 0.2) is 0 Å². The van der Waals surface area contributed by atoms with Gasteiger partial charge in [0.2, 0.25) is 11.8 Å². The van der Waals surface area contributed by atoms with Crippen LogP contribution in [0.4, 0.5) is 0 Å². The van der Waals surface area contributed by atoms with Gasteiger partial charge in [-0.1, -0.05) is 0 Å². The predicted octanol–water partition coefficient (Wildman–Crippen LogP) is 0.208. The first-order chi connectivity index (χ1) is 6.56. The summed E-state index contributed by atoms with van der Waals surface area (Å²) in [5.74, 6) is -0.153. The highest BCUT2D eigenvalue weighted by atomic mass is 35.5. The molecule has 0 spiro atoms. The Labute approximate surface area is 88.6 Å². The lowest BCUT2D eigenvalue weighted by molar-refractivity contribution is -0.130. The number of amides is 2. The number of hydrogen-bond acceptors (Lipinski definition) is 2. The van der Waals surface area contributed by atoms with Crippen LogP contribution in [-0.2, 0) is 9.59 Å². The molecule has 2 atom stereocenters. The second-order valence-electron chi connectivity index (χ2n) is 3.50. The molecule has 1 fully saturated rings. The van der Waals surface area contributed by atoms with Crippen LogP contribution in [-0.4, -0.2) is 42.2 Å². The lowest BCUT2D eigenvalue weighted by Gasteiger charge is -2.17. The van der Waals surface area contributed by atoms with Crippen molar-refractivity contribution in [1.82, 2.24) is 10.2 Å². The largest absolute Gasteiger partial charge is 0.359 e. The van der Waals surface area contributed by atoms with Gasteiger partial charge in [-0.15, -0.1) is 11.6 Å². The van der Waals surface area contributed by atoms with Crippen LogP contribution >= 0.6 is 11.6 Å². The van der Waals surface area contributed by atoms with Crippen LogP contribution < -0.4 is 5.32 Å². The summed E-state index contributed by atoms with van der Waals surface area (Å²) in [6.07, 6.45) is 0.731. The van der Waals surface area contributed by atoms with Crippen LogP contribution in [0.25, 0.3) is 0 Å². The molecule has 4 nitrogen and oxygen atoms in total. The summed E-state index contributed by atoms with van der Waals surface area (Å²) in [5, 5.41) is 2.08. The molecule has 0 bridgehead atoms. The summed E-state index contributed by atoms with van der Waals surface area (Å²) >= 11 is 5.68. The number of nitrogens with zero attached hydrogens (tertiary/aromatic N) is 1. The topological polar surface area (TPSA) is 49.4 Å². The molecular formula is C9H15ClN2O2. The van der Waals surface area contributed by atoms with Crippen molar-refractivity contribution >= 4 is 23.4 Å². The summed E-state index contributed by atoms with van der Waals surface area (Å²) in [5.41, 5.74) is 0. The van der Waals surface area contributed by atoms with Crippen molar-refractivity contribution in [3.05, 3.63) is 0 Å². The predicted molar refractivity (Wildman–Crippen MR) is 54.1 cm³/mol. The molecule has 0 aromatic carbocycles. The first kappa shape index (κ1) is 11.3. The maximum atomic E-state index is 11.5. The van der Waals surface area contributed by atoms with E-state index in [-0.39, 0.29) is 17.7 Å². The molecule has 1 rings (SSSR count). The van der Waals surface area contributed by atoms with Crippen molar-refractivity contribution in [2.75, 3.05) is 20.1 Å². The van der Waals surface area contributed by atoms with Crippen LogP contribution in [0.3, 0.4) is 0 Å². The van der Waals surface area contributed by atoms with E-state index in [1.54, 1.807) is 18.9 Å². The number of carbonyl (C=O) groups excluding carboxylic acids is 2. The smallest absolute Gasteiger partial charge is 0.240 e. The summed E-state index contributed by atoms with van der Waals surface area (Å²) < 4.78 is 0. The summed E-state index contributed by atoms with van der Waals surface area (Å²) in [7, 11) is 1.61. The highest BCUT2D eigenvalue weighted by Crippen LogP contribution is 2.18. The van der Waals surface area contributed by atoms with E-state index in [4.69, 9.17) is 11.6 Å². The first-order valence-corrected chi connectivity index (χ1v) is 5.14. The van der Waals surface area contributed by atoms with Gasteiger partial charge >= 0.3 is 0 Å². The monoisotopic (exact) mass is 218 g/mol. The molecule has 0 aromatic heterocycles. The van der Waals surface area contributed by atoms with Gasteiger partial charge in [0.1, 0.15) is 5.38 Å². The van der Waals surface area contributed by atoms with E-state index >= 15 is 0 Å². The van der Waals surface area contributed by atoms with Gasteiger partial charge in [-0.05, 0) is 13.3 Å². The Hall–Kier alpha value is -0.770. The van der Waals surface area contributed by atoms with Crippen LogP contribution in [0.2, 0.25) is 0 Å². The second-order valence-corrected chi connectivity index (χ2v) is 4.15. The molecule has 1 heterocycles. The Morgan fingerprint density at radius 2 is 2.21 bits per heavy atom. The van der Waals surface area contributed by atoms with Gasteiger partial charge in [0.05, 0.1) is 5.92 Å². The van der Waals surface area contributed by atoms with Crippen LogP contribution in [0.15, 0.2) is 0 Å². The number of likely N-dealkylation sites (tertiary alicyclic amines) is 1. The molecule has 0 saturated carbocycles. The number of halogens is 1. The third kappa shape index (κ3) is 2.38. The van der Waals surface area contributed by atoms with Crippen LogP contribution in [0.1, 0.15) is 13.3 Å².